The van der Waals surface area contributed by atoms with Gasteiger partial charge in [0, 0.05) is 40.8 Å². The van der Waals surface area contributed by atoms with Crippen LogP contribution in [0.3, 0.4) is 0 Å². The molecule has 3 aromatic rings. The van der Waals surface area contributed by atoms with Crippen LogP contribution in [0.1, 0.15) is 52.7 Å². The number of rotatable bonds is 11. The van der Waals surface area contributed by atoms with Crippen molar-refractivity contribution < 1.29 is 37.4 Å². The standard InChI is InChI=1S/C32H29F3N4O5S/c33-24-13-20(45-19-8-10-38(11-9-19)27-5-4-18(15-36)12-26(27)35)14-25(34)23(24)17-44-29-3-1-2-21-22(29)16-39(32(21)43)28(31(37)42)6-7-30(40)41/h1-5,12-14,19,28H,6-11,16-17H2,(H2,37,42)(H,40,41)/t28-/m0/s1. The van der Waals surface area contributed by atoms with E-state index in [0.29, 0.717) is 42.1 Å². The van der Waals surface area contributed by atoms with Gasteiger partial charge in [0.05, 0.1) is 29.4 Å². The van der Waals surface area contributed by atoms with E-state index in [2.05, 4.69) is 0 Å². The molecule has 45 heavy (non-hydrogen) atoms. The molecule has 2 aliphatic rings. The number of thioether (sulfide) groups is 1. The topological polar surface area (TPSA) is 137 Å². The fraction of sp³-hybridized carbons (Fsp3) is 0.312. The Bertz CT molecular complexity index is 1670. The lowest BCUT2D eigenvalue weighted by molar-refractivity contribution is -0.137. The molecule has 234 valence electrons. The van der Waals surface area contributed by atoms with Crippen molar-refractivity contribution in [2.75, 3.05) is 18.0 Å². The van der Waals surface area contributed by atoms with Crippen molar-refractivity contribution in [2.24, 2.45) is 5.73 Å². The Morgan fingerprint density at radius 3 is 2.42 bits per heavy atom. The molecule has 0 aliphatic carbocycles. The Kier molecular flexibility index (Phi) is 9.53. The smallest absolute Gasteiger partial charge is 0.303 e. The molecule has 3 N–H and O–H groups in total. The number of fused-ring (bicyclic) bond motifs is 1. The van der Waals surface area contributed by atoms with Crippen LogP contribution in [0.2, 0.25) is 0 Å². The third kappa shape index (κ3) is 7.01. The second-order valence-electron chi connectivity index (χ2n) is 10.8. The van der Waals surface area contributed by atoms with Crippen molar-refractivity contribution in [3.63, 3.8) is 0 Å². The summed E-state index contributed by atoms with van der Waals surface area (Å²) in [7, 11) is 0. The highest BCUT2D eigenvalue weighted by Gasteiger charge is 2.37. The number of benzene rings is 3. The van der Waals surface area contributed by atoms with Crippen LogP contribution in [-0.4, -0.2) is 52.2 Å². The number of ether oxygens (including phenoxy) is 1. The van der Waals surface area contributed by atoms with Gasteiger partial charge in [-0.15, -0.1) is 11.8 Å². The molecule has 1 saturated heterocycles. The van der Waals surface area contributed by atoms with Crippen molar-refractivity contribution in [1.29, 1.82) is 5.26 Å². The third-order valence-electron chi connectivity index (χ3n) is 7.94. The number of piperidine rings is 1. The first kappa shape index (κ1) is 31.7. The van der Waals surface area contributed by atoms with E-state index in [-0.39, 0.29) is 47.1 Å². The van der Waals surface area contributed by atoms with Crippen LogP contribution < -0.4 is 15.4 Å². The minimum absolute atomic E-state index is 0.0655. The number of nitrogens with zero attached hydrogens (tertiary/aromatic N) is 3. The average Bonchev–Trinajstić information content (AvgIpc) is 3.33. The van der Waals surface area contributed by atoms with Crippen LogP contribution in [-0.2, 0) is 22.7 Å². The molecule has 1 atom stereocenters. The van der Waals surface area contributed by atoms with Crippen molar-refractivity contribution in [3.05, 3.63) is 88.2 Å². The van der Waals surface area contributed by atoms with Gasteiger partial charge >= 0.3 is 5.97 Å². The normalized spacial score (nSPS) is 15.5. The van der Waals surface area contributed by atoms with Gasteiger partial charge < -0.3 is 25.4 Å². The quantitative estimate of drug-likeness (QED) is 0.300. The van der Waals surface area contributed by atoms with E-state index in [4.69, 9.17) is 20.8 Å². The zero-order valence-electron chi connectivity index (χ0n) is 24.0. The predicted octanol–water partition coefficient (Wildman–Crippen LogP) is 4.99. The van der Waals surface area contributed by atoms with E-state index < -0.39 is 47.9 Å². The summed E-state index contributed by atoms with van der Waals surface area (Å²) in [5.41, 5.74) is 6.47. The number of carboxylic acids is 1. The van der Waals surface area contributed by atoms with Crippen LogP contribution in [0.15, 0.2) is 53.4 Å². The van der Waals surface area contributed by atoms with Crippen LogP contribution in [0, 0.1) is 28.8 Å². The summed E-state index contributed by atoms with van der Waals surface area (Å²) in [6.45, 7) is 0.575. The number of nitrogens with two attached hydrogens (primary N) is 1. The maximum atomic E-state index is 15.1. The molecule has 0 aromatic heterocycles. The Morgan fingerprint density at radius 1 is 1.09 bits per heavy atom. The number of hydrogen-bond acceptors (Lipinski definition) is 7. The van der Waals surface area contributed by atoms with Gasteiger partial charge in [0.15, 0.2) is 0 Å². The highest BCUT2D eigenvalue weighted by atomic mass is 32.2. The van der Waals surface area contributed by atoms with Crippen LogP contribution in [0.5, 0.6) is 5.75 Å². The van der Waals surface area contributed by atoms with E-state index >= 15 is 8.78 Å². The fourth-order valence-electron chi connectivity index (χ4n) is 5.60. The lowest BCUT2D eigenvalue weighted by Crippen LogP contribution is -2.45. The predicted molar refractivity (Wildman–Crippen MR) is 159 cm³/mol. The maximum Gasteiger partial charge on any atom is 0.303 e. The molecule has 3 aromatic carbocycles. The van der Waals surface area contributed by atoms with Gasteiger partial charge in [-0.3, -0.25) is 14.4 Å². The fourth-order valence-corrected chi connectivity index (χ4v) is 6.77. The number of amides is 2. The van der Waals surface area contributed by atoms with Crippen molar-refractivity contribution in [1.82, 2.24) is 4.90 Å². The summed E-state index contributed by atoms with van der Waals surface area (Å²) < 4.78 is 50.5. The van der Waals surface area contributed by atoms with Gasteiger partial charge in [-0.2, -0.15) is 5.26 Å². The highest BCUT2D eigenvalue weighted by Crippen LogP contribution is 2.36. The summed E-state index contributed by atoms with van der Waals surface area (Å²) in [4.78, 5) is 39.5. The number of carbonyl (C=O) groups excluding carboxylic acids is 2. The first-order valence-corrected chi connectivity index (χ1v) is 15.1. The number of anilines is 1. The van der Waals surface area contributed by atoms with Gasteiger partial charge in [0.25, 0.3) is 5.91 Å². The van der Waals surface area contributed by atoms with Gasteiger partial charge in [-0.1, -0.05) is 6.07 Å². The molecule has 5 rings (SSSR count). The summed E-state index contributed by atoms with van der Waals surface area (Å²) >= 11 is 1.35. The Morgan fingerprint density at radius 2 is 1.80 bits per heavy atom. The largest absolute Gasteiger partial charge is 0.488 e. The molecule has 0 saturated carbocycles. The minimum atomic E-state index is -1.14. The van der Waals surface area contributed by atoms with E-state index in [9.17, 15) is 18.8 Å². The molecule has 0 unspecified atom stereocenters. The Hall–Kier alpha value is -4.70. The van der Waals surface area contributed by atoms with Gasteiger partial charge in [-0.05, 0) is 61.7 Å². The van der Waals surface area contributed by atoms with E-state index in [1.54, 1.807) is 24.3 Å². The van der Waals surface area contributed by atoms with Gasteiger partial charge in [-0.25, -0.2) is 13.2 Å². The molecule has 2 aliphatic heterocycles. The molecular formula is C32H29F3N4O5S. The molecule has 1 fully saturated rings. The second kappa shape index (κ2) is 13.5. The third-order valence-corrected chi connectivity index (χ3v) is 9.25. The number of nitriles is 1. The Balaban J connectivity index is 1.21. The van der Waals surface area contributed by atoms with E-state index in [1.807, 2.05) is 11.0 Å². The van der Waals surface area contributed by atoms with Crippen molar-refractivity contribution >= 4 is 35.2 Å². The maximum absolute atomic E-state index is 15.1. The molecule has 2 heterocycles. The molecule has 2 amide bonds. The minimum Gasteiger partial charge on any atom is -0.488 e. The van der Waals surface area contributed by atoms with Crippen LogP contribution in [0.25, 0.3) is 0 Å². The first-order chi connectivity index (χ1) is 21.5. The summed E-state index contributed by atoms with van der Waals surface area (Å²) in [5.74, 6) is -4.33. The van der Waals surface area contributed by atoms with Crippen molar-refractivity contribution in [3.8, 4) is 11.8 Å². The summed E-state index contributed by atoms with van der Waals surface area (Å²) in [5, 5.41) is 18.0. The SMILES string of the molecule is N#Cc1ccc(N2CCC(Sc3cc(F)c(COc4cccc5c4CN([C@@H](CCC(=O)O)C(N)=O)C5=O)c(F)c3)CC2)c(F)c1. The molecule has 0 radical (unpaired) electrons. The summed E-state index contributed by atoms with van der Waals surface area (Å²) in [6.07, 6.45) is 0.817. The van der Waals surface area contributed by atoms with Gasteiger partial charge in [0.2, 0.25) is 5.91 Å². The average molecular weight is 639 g/mol. The lowest BCUT2D eigenvalue weighted by Gasteiger charge is -2.33. The number of carboxylic acid groups (broad SMARTS) is 1. The number of halogens is 3. The van der Waals surface area contributed by atoms with Gasteiger partial charge in [0.1, 0.15) is 35.8 Å². The van der Waals surface area contributed by atoms with E-state index in [0.717, 1.165) is 0 Å². The second-order valence-corrected chi connectivity index (χ2v) is 12.2. The number of aliphatic carboxylic acids is 1. The molecule has 0 spiro atoms. The van der Waals surface area contributed by atoms with Crippen LogP contribution >= 0.6 is 11.8 Å². The first-order valence-electron chi connectivity index (χ1n) is 14.2. The zero-order valence-corrected chi connectivity index (χ0v) is 24.8. The monoisotopic (exact) mass is 638 g/mol. The van der Waals surface area contributed by atoms with Crippen LogP contribution in [0.4, 0.5) is 18.9 Å². The number of carbonyl (C=O) groups is 3. The van der Waals surface area contributed by atoms with E-state index in [1.165, 1.54) is 40.9 Å². The molecule has 0 bridgehead atoms. The zero-order chi connectivity index (χ0) is 32.2. The van der Waals surface area contributed by atoms with Crippen molar-refractivity contribution in [2.45, 2.75) is 55.0 Å². The Labute approximate surface area is 261 Å². The highest BCUT2D eigenvalue weighted by molar-refractivity contribution is 8.00. The molecular weight excluding hydrogens is 609 g/mol. The summed E-state index contributed by atoms with van der Waals surface area (Å²) in [6, 6.07) is 12.2. The number of primary amides is 1. The molecule has 9 nitrogen and oxygen atoms in total. The molecule has 13 heteroatoms. The lowest BCUT2D eigenvalue weighted by atomic mass is 10.1. The number of hydrogen-bond donors (Lipinski definition) is 2.